The molecule has 0 amide bonds. The highest BCUT2D eigenvalue weighted by Gasteiger charge is 2.33. The first-order valence-electron chi connectivity index (χ1n) is 8.94. The molecule has 1 fully saturated rings. The molecule has 0 N–H and O–H groups in total. The van der Waals surface area contributed by atoms with Crippen LogP contribution < -0.4 is 4.90 Å². The van der Waals surface area contributed by atoms with Crippen molar-refractivity contribution in [2.75, 3.05) is 19.0 Å². The number of thiophene rings is 1. The van der Waals surface area contributed by atoms with E-state index >= 15 is 0 Å². The van der Waals surface area contributed by atoms with Crippen LogP contribution in [0.2, 0.25) is 0 Å². The van der Waals surface area contributed by atoms with Gasteiger partial charge in [-0.2, -0.15) is 0 Å². The summed E-state index contributed by atoms with van der Waals surface area (Å²) in [7, 11) is 3.96. The Labute approximate surface area is 153 Å². The molecule has 0 saturated heterocycles. The summed E-state index contributed by atoms with van der Waals surface area (Å²) in [4.78, 5) is 28.2. The molecular weight excluding hydrogens is 330 g/mol. The summed E-state index contributed by atoms with van der Waals surface area (Å²) in [5, 5.41) is 1.08. The number of hydrogen-bond donors (Lipinski definition) is 0. The fourth-order valence-electron chi connectivity index (χ4n) is 3.65. The predicted octanol–water partition coefficient (Wildman–Crippen LogP) is 4.93. The van der Waals surface area contributed by atoms with Crippen LogP contribution in [0, 0.1) is 5.92 Å². The zero-order valence-electron chi connectivity index (χ0n) is 14.9. The molecule has 0 bridgehead atoms. The maximum atomic E-state index is 12.9. The Kier molecular flexibility index (Phi) is 5.69. The van der Waals surface area contributed by atoms with Gasteiger partial charge in [-0.25, -0.2) is 0 Å². The smallest absolute Gasteiger partial charge is 0.173 e. The van der Waals surface area contributed by atoms with E-state index in [1.54, 1.807) is 0 Å². The number of benzene rings is 1. The van der Waals surface area contributed by atoms with E-state index in [2.05, 4.69) is 12.1 Å². The van der Waals surface area contributed by atoms with Crippen molar-refractivity contribution in [1.82, 2.24) is 0 Å². The van der Waals surface area contributed by atoms with E-state index in [1.165, 1.54) is 11.3 Å². The van der Waals surface area contributed by atoms with Crippen LogP contribution in [0.4, 0.5) is 5.00 Å². The highest BCUT2D eigenvalue weighted by Crippen LogP contribution is 2.38. The van der Waals surface area contributed by atoms with E-state index < -0.39 is 0 Å². The second kappa shape index (κ2) is 7.96. The lowest BCUT2D eigenvalue weighted by atomic mass is 9.74. The highest BCUT2D eigenvalue weighted by atomic mass is 32.1. The lowest BCUT2D eigenvalue weighted by Crippen LogP contribution is -2.27. The fraction of sp³-hybridized carbons (Fsp3) is 0.429. The van der Waals surface area contributed by atoms with E-state index in [1.807, 2.05) is 49.3 Å². The zero-order valence-corrected chi connectivity index (χ0v) is 15.7. The quantitative estimate of drug-likeness (QED) is 0.690. The maximum absolute atomic E-state index is 12.9. The molecule has 1 saturated carbocycles. The Balaban J connectivity index is 1.84. The van der Waals surface area contributed by atoms with Crippen molar-refractivity contribution in [2.45, 2.75) is 38.0 Å². The van der Waals surface area contributed by atoms with E-state index in [0.717, 1.165) is 34.7 Å². The van der Waals surface area contributed by atoms with Crippen LogP contribution in [0.3, 0.4) is 0 Å². The monoisotopic (exact) mass is 355 g/mol. The lowest BCUT2D eigenvalue weighted by molar-refractivity contribution is -0.125. The molecule has 3 nitrogen and oxygen atoms in total. The third-order valence-corrected chi connectivity index (χ3v) is 6.32. The number of carbonyl (C=O) groups is 2. The lowest BCUT2D eigenvalue weighted by Gasteiger charge is -2.29. The third kappa shape index (κ3) is 4.18. The Morgan fingerprint density at radius 1 is 1.16 bits per heavy atom. The standard InChI is InChI=1S/C21H25NO2S/c1-22(2)21-13-12-20(25-21)19(24)14-17(15-8-4-3-5-9-15)16-10-6-7-11-18(16)23/h3-5,8-9,12-13,16-17H,6-7,10-11,14H2,1-2H3/t16-,17-/m1/s1. The van der Waals surface area contributed by atoms with E-state index in [0.29, 0.717) is 18.6 Å². The second-order valence-electron chi connectivity index (χ2n) is 7.00. The highest BCUT2D eigenvalue weighted by molar-refractivity contribution is 7.18. The molecule has 1 aromatic carbocycles. The summed E-state index contributed by atoms with van der Waals surface area (Å²) < 4.78 is 0. The average molecular weight is 356 g/mol. The minimum atomic E-state index is -0.0200. The fourth-order valence-corrected chi connectivity index (χ4v) is 4.52. The Morgan fingerprint density at radius 2 is 1.92 bits per heavy atom. The van der Waals surface area contributed by atoms with Gasteiger partial charge < -0.3 is 4.90 Å². The van der Waals surface area contributed by atoms with Crippen LogP contribution in [0.5, 0.6) is 0 Å². The normalized spacial score (nSPS) is 18.8. The Bertz CT molecular complexity index is 735. The molecule has 1 aliphatic carbocycles. The molecule has 4 heteroatoms. The van der Waals surface area contributed by atoms with Gasteiger partial charge in [0.25, 0.3) is 0 Å². The molecule has 3 rings (SSSR count). The van der Waals surface area contributed by atoms with E-state index in [4.69, 9.17) is 0 Å². The van der Waals surface area contributed by atoms with Crippen molar-refractivity contribution in [2.24, 2.45) is 5.92 Å². The number of Topliss-reactive ketones (excluding diaryl/α,β-unsaturated/α-hetero) is 2. The van der Waals surface area contributed by atoms with Crippen LogP contribution in [0.1, 0.15) is 53.3 Å². The third-order valence-electron chi connectivity index (χ3n) is 5.03. The van der Waals surface area contributed by atoms with Crippen molar-refractivity contribution < 1.29 is 9.59 Å². The number of rotatable bonds is 6. The second-order valence-corrected chi connectivity index (χ2v) is 8.06. The summed E-state index contributed by atoms with van der Waals surface area (Å²) in [5.41, 5.74) is 1.11. The van der Waals surface area contributed by atoms with Gasteiger partial charge in [-0.1, -0.05) is 36.8 Å². The largest absolute Gasteiger partial charge is 0.370 e. The van der Waals surface area contributed by atoms with Gasteiger partial charge in [0, 0.05) is 38.8 Å². The van der Waals surface area contributed by atoms with Crippen molar-refractivity contribution in [3.05, 3.63) is 52.9 Å². The summed E-state index contributed by atoms with van der Waals surface area (Å²) in [6, 6.07) is 14.0. The topological polar surface area (TPSA) is 37.4 Å². The summed E-state index contributed by atoms with van der Waals surface area (Å²) in [5.74, 6) is 0.443. The van der Waals surface area contributed by atoms with Gasteiger partial charge in [-0.3, -0.25) is 9.59 Å². The van der Waals surface area contributed by atoms with Gasteiger partial charge in [0.05, 0.1) is 9.88 Å². The van der Waals surface area contributed by atoms with Crippen molar-refractivity contribution in [3.63, 3.8) is 0 Å². The molecule has 132 valence electrons. The summed E-state index contributed by atoms with van der Waals surface area (Å²) in [6.45, 7) is 0. The molecule has 1 heterocycles. The van der Waals surface area contributed by atoms with Crippen molar-refractivity contribution >= 4 is 27.9 Å². The first kappa shape index (κ1) is 17.9. The van der Waals surface area contributed by atoms with Crippen molar-refractivity contribution in [3.8, 4) is 0 Å². The molecular formula is C21H25NO2S. The van der Waals surface area contributed by atoms with E-state index in [9.17, 15) is 9.59 Å². The summed E-state index contributed by atoms with van der Waals surface area (Å²) in [6.07, 6.45) is 4.04. The first-order valence-corrected chi connectivity index (χ1v) is 9.76. The molecule has 0 spiro atoms. The minimum absolute atomic E-state index is 0.00796. The first-order chi connectivity index (χ1) is 12.1. The predicted molar refractivity (Wildman–Crippen MR) is 104 cm³/mol. The van der Waals surface area contributed by atoms with Gasteiger partial charge in [0.1, 0.15) is 5.78 Å². The Hall–Kier alpha value is -1.94. The van der Waals surface area contributed by atoms with Crippen LogP contribution in [-0.2, 0) is 4.79 Å². The Morgan fingerprint density at radius 3 is 2.56 bits per heavy atom. The van der Waals surface area contributed by atoms with Crippen LogP contribution in [-0.4, -0.2) is 25.7 Å². The van der Waals surface area contributed by atoms with Gasteiger partial charge in [0.15, 0.2) is 5.78 Å². The molecule has 0 unspecified atom stereocenters. The average Bonchev–Trinajstić information content (AvgIpc) is 3.12. The molecule has 0 radical (unpaired) electrons. The number of hydrogen-bond acceptors (Lipinski definition) is 4. The van der Waals surface area contributed by atoms with Gasteiger partial charge >= 0.3 is 0 Å². The minimum Gasteiger partial charge on any atom is -0.370 e. The van der Waals surface area contributed by atoms with Gasteiger partial charge in [-0.15, -0.1) is 11.3 Å². The maximum Gasteiger partial charge on any atom is 0.173 e. The number of anilines is 1. The zero-order chi connectivity index (χ0) is 17.8. The molecule has 2 atom stereocenters. The molecule has 2 aromatic rings. The number of ketones is 2. The summed E-state index contributed by atoms with van der Waals surface area (Å²) >= 11 is 1.53. The molecule has 1 aliphatic rings. The number of nitrogens with zero attached hydrogens (tertiary/aromatic N) is 1. The van der Waals surface area contributed by atoms with Crippen molar-refractivity contribution in [1.29, 1.82) is 0 Å². The van der Waals surface area contributed by atoms with E-state index in [-0.39, 0.29) is 17.6 Å². The van der Waals surface area contributed by atoms with Crippen LogP contribution >= 0.6 is 11.3 Å². The molecule has 0 aliphatic heterocycles. The van der Waals surface area contributed by atoms with Crippen LogP contribution in [0.25, 0.3) is 0 Å². The number of carbonyl (C=O) groups excluding carboxylic acids is 2. The SMILES string of the molecule is CN(C)c1ccc(C(=O)C[C@H](c2ccccc2)[C@H]2CCCCC2=O)s1. The van der Waals surface area contributed by atoms with Crippen LogP contribution in [0.15, 0.2) is 42.5 Å². The molecule has 1 aromatic heterocycles. The van der Waals surface area contributed by atoms with Gasteiger partial charge in [-0.05, 0) is 30.5 Å². The van der Waals surface area contributed by atoms with Gasteiger partial charge in [0.2, 0.25) is 0 Å². The molecule has 25 heavy (non-hydrogen) atoms.